The fraction of sp³-hybridized carbons (Fsp3) is 0.200. The van der Waals surface area contributed by atoms with Gasteiger partial charge in [0, 0.05) is 0 Å². The minimum absolute atomic E-state index is 0.0860. The Bertz CT molecular complexity index is 993. The zero-order valence-corrected chi connectivity index (χ0v) is 21.0. The summed E-state index contributed by atoms with van der Waals surface area (Å²) < 4.78 is 1.41. The topological polar surface area (TPSA) is 0 Å². The SMILES string of the molecule is [SH][Zr]([Cl])([Cl])([c]1cccc2c1C=CC2)[CH]1SC(Br)C2=Cc3ccccc3C21. The summed E-state index contributed by atoms with van der Waals surface area (Å²) in [7, 11) is 20.1. The Morgan fingerprint density at radius 1 is 1.12 bits per heavy atom. The van der Waals surface area contributed by atoms with Crippen molar-refractivity contribution < 1.29 is 14.9 Å². The van der Waals surface area contributed by atoms with Gasteiger partial charge < -0.3 is 0 Å². The van der Waals surface area contributed by atoms with Crippen LogP contribution >= 0.6 is 54.1 Å². The Morgan fingerprint density at radius 2 is 1.92 bits per heavy atom. The summed E-state index contributed by atoms with van der Waals surface area (Å²) in [4.78, 5) is 0. The molecule has 3 unspecified atom stereocenters. The number of thioether (sulfide) groups is 1. The first-order valence-corrected chi connectivity index (χ1v) is 23.1. The molecule has 0 N–H and O–H groups in total. The third-order valence-corrected chi connectivity index (χ3v) is 29.1. The molecule has 1 fully saturated rings. The third-order valence-electron chi connectivity index (χ3n) is 5.63. The molecule has 5 rings (SSSR count). The molecule has 1 saturated heterocycles. The van der Waals surface area contributed by atoms with Crippen molar-refractivity contribution in [3.63, 3.8) is 0 Å². The fourth-order valence-electron chi connectivity index (χ4n) is 4.44. The predicted octanol–water partition coefficient (Wildman–Crippen LogP) is 6.70. The molecule has 1 aliphatic heterocycles. The zero-order valence-electron chi connectivity index (χ0n) is 13.7. The van der Waals surface area contributed by atoms with Crippen molar-refractivity contribution in [2.24, 2.45) is 0 Å². The van der Waals surface area contributed by atoms with Crippen LogP contribution < -0.4 is 3.27 Å². The minimum atomic E-state index is -4.60. The second-order valence-corrected chi connectivity index (χ2v) is 37.9. The van der Waals surface area contributed by atoms with Gasteiger partial charge in [-0.1, -0.05) is 0 Å². The van der Waals surface area contributed by atoms with Gasteiger partial charge in [0.1, 0.15) is 0 Å². The van der Waals surface area contributed by atoms with Gasteiger partial charge in [0.05, 0.1) is 0 Å². The van der Waals surface area contributed by atoms with Crippen LogP contribution in [0.15, 0.2) is 54.1 Å². The quantitative estimate of drug-likeness (QED) is 0.314. The number of hydrogen-bond acceptors (Lipinski definition) is 2. The van der Waals surface area contributed by atoms with Crippen LogP contribution in [0.5, 0.6) is 0 Å². The van der Waals surface area contributed by atoms with E-state index in [2.05, 4.69) is 76.6 Å². The summed E-state index contributed by atoms with van der Waals surface area (Å²) in [6.45, 7) is 0. The zero-order chi connectivity index (χ0) is 18.1. The van der Waals surface area contributed by atoms with Crippen molar-refractivity contribution in [2.45, 2.75) is 19.5 Å². The molecule has 133 valence electrons. The maximum atomic E-state index is 7.44. The van der Waals surface area contributed by atoms with Crippen molar-refractivity contribution in [1.29, 1.82) is 0 Å². The van der Waals surface area contributed by atoms with Crippen LogP contribution in [0.25, 0.3) is 12.2 Å². The van der Waals surface area contributed by atoms with Gasteiger partial charge in [0.2, 0.25) is 0 Å². The van der Waals surface area contributed by atoms with Gasteiger partial charge in [-0.15, -0.1) is 0 Å². The second-order valence-electron chi connectivity index (χ2n) is 7.14. The monoisotopic (exact) mass is 559 g/mol. The molecule has 0 aromatic heterocycles. The van der Waals surface area contributed by atoms with E-state index < -0.39 is 14.9 Å². The number of hydrogen-bond donors (Lipinski definition) is 1. The molecule has 2 aliphatic carbocycles. The molecular weight excluding hydrogens is 546 g/mol. The van der Waals surface area contributed by atoms with Gasteiger partial charge in [-0.2, -0.15) is 0 Å². The molecule has 0 spiro atoms. The molecule has 0 bridgehead atoms. The average Bonchev–Trinajstić information content (AvgIpc) is 3.29. The summed E-state index contributed by atoms with van der Waals surface area (Å²) in [5.74, 6) is 0.236. The maximum absolute atomic E-state index is 7.44. The van der Waals surface area contributed by atoms with E-state index in [1.807, 2.05) is 11.8 Å². The summed E-state index contributed by atoms with van der Waals surface area (Å²) in [6, 6.07) is 14.9. The van der Waals surface area contributed by atoms with Crippen molar-refractivity contribution in [3.05, 3.63) is 76.4 Å². The number of halogens is 3. The molecular formula is C20H16BrCl2S2Zr. The van der Waals surface area contributed by atoms with Crippen molar-refractivity contribution >= 4 is 69.5 Å². The first-order chi connectivity index (χ1) is 12.4. The van der Waals surface area contributed by atoms with Gasteiger partial charge in [0.25, 0.3) is 0 Å². The van der Waals surface area contributed by atoms with E-state index in [1.54, 1.807) is 0 Å². The molecule has 3 aliphatic rings. The molecule has 0 saturated carbocycles. The van der Waals surface area contributed by atoms with E-state index in [0.717, 1.165) is 9.69 Å². The Labute approximate surface area is 178 Å². The number of fused-ring (bicyclic) bond motifs is 4. The molecule has 3 atom stereocenters. The van der Waals surface area contributed by atoms with Gasteiger partial charge in [-0.3, -0.25) is 0 Å². The predicted molar refractivity (Wildman–Crippen MR) is 121 cm³/mol. The first kappa shape index (κ1) is 18.6. The van der Waals surface area contributed by atoms with Gasteiger partial charge in [-0.05, 0) is 0 Å². The third kappa shape index (κ3) is 2.66. The van der Waals surface area contributed by atoms with E-state index in [1.165, 1.54) is 27.8 Å². The average molecular weight is 563 g/mol. The normalized spacial score (nSPS) is 27.5. The van der Waals surface area contributed by atoms with E-state index in [-0.39, 0.29) is 13.0 Å². The van der Waals surface area contributed by atoms with Crippen LogP contribution in [0.1, 0.15) is 28.2 Å². The van der Waals surface area contributed by atoms with Crippen LogP contribution in [0.4, 0.5) is 0 Å². The van der Waals surface area contributed by atoms with E-state index in [0.29, 0.717) is 0 Å². The number of rotatable bonds is 2. The van der Waals surface area contributed by atoms with Crippen LogP contribution in [-0.4, -0.2) is 7.12 Å². The standard InChI is InChI=1S/C11H8BrS.C9H7.2ClH.H2S.Zr/c12-11-9-5-7-3-1-2-4-8(7)10(9)6-13-11;1-2-5-9-7-3-6-8(9)4-1;;;;/h1-6,10-11H;1-4,7H,6H2;2*1H;1H2;/q;;;;;+3/p-3. The van der Waals surface area contributed by atoms with Crippen molar-refractivity contribution in [3.8, 4) is 0 Å². The summed E-state index contributed by atoms with van der Waals surface area (Å²) in [5, 5.41) is 0. The Morgan fingerprint density at radius 3 is 2.77 bits per heavy atom. The second kappa shape index (κ2) is 6.28. The van der Waals surface area contributed by atoms with Crippen molar-refractivity contribution in [1.82, 2.24) is 0 Å². The molecule has 6 heteroatoms. The molecule has 26 heavy (non-hydrogen) atoms. The molecule has 2 aromatic carbocycles. The Balaban J connectivity index is 1.69. The number of benzene rings is 2. The summed E-state index contributed by atoms with van der Waals surface area (Å²) >= 11 is 1.10. The summed E-state index contributed by atoms with van der Waals surface area (Å²) in [5.41, 5.74) is 6.50. The van der Waals surface area contributed by atoms with Crippen molar-refractivity contribution in [2.75, 3.05) is 0 Å². The van der Waals surface area contributed by atoms with Crippen LogP contribution in [0, 0.1) is 0 Å². The fourth-order valence-corrected chi connectivity index (χ4v) is 26.0. The number of alkyl halides is 1. The summed E-state index contributed by atoms with van der Waals surface area (Å²) in [6.07, 6.45) is 7.61. The molecule has 2 aromatic rings. The number of allylic oxidation sites excluding steroid dienone is 1. The Hall–Kier alpha value is 0.563. The van der Waals surface area contributed by atoms with Crippen LogP contribution in [0.3, 0.4) is 0 Å². The van der Waals surface area contributed by atoms with Gasteiger partial charge in [-0.25, -0.2) is 0 Å². The van der Waals surface area contributed by atoms with Crippen LogP contribution in [-0.2, 0) is 21.4 Å². The van der Waals surface area contributed by atoms with Crippen LogP contribution in [0.2, 0.25) is 0 Å². The molecule has 1 heterocycles. The van der Waals surface area contributed by atoms with E-state index in [4.69, 9.17) is 26.4 Å². The van der Waals surface area contributed by atoms with Gasteiger partial charge in [0.15, 0.2) is 0 Å². The Kier molecular flexibility index (Phi) is 4.49. The van der Waals surface area contributed by atoms with E-state index >= 15 is 0 Å². The first-order valence-electron chi connectivity index (χ1n) is 8.56. The molecule has 0 radical (unpaired) electrons. The van der Waals surface area contributed by atoms with Gasteiger partial charge >= 0.3 is 180 Å². The molecule has 0 amide bonds. The molecule has 0 nitrogen and oxygen atoms in total. The number of thiol groups is 1. The van der Waals surface area contributed by atoms with E-state index in [9.17, 15) is 0 Å².